The molecule has 1 aliphatic carbocycles. The van der Waals surface area contributed by atoms with E-state index < -0.39 is 0 Å². The first-order chi connectivity index (χ1) is 8.64. The van der Waals surface area contributed by atoms with Crippen molar-refractivity contribution in [1.29, 1.82) is 0 Å². The van der Waals surface area contributed by atoms with Crippen molar-refractivity contribution in [2.45, 2.75) is 51.5 Å². The summed E-state index contributed by atoms with van der Waals surface area (Å²) in [6, 6.07) is 8.39. The van der Waals surface area contributed by atoms with E-state index in [4.69, 9.17) is 10.5 Å². The summed E-state index contributed by atoms with van der Waals surface area (Å²) in [6.07, 6.45) is 5.80. The summed E-state index contributed by atoms with van der Waals surface area (Å²) >= 11 is 0. The lowest BCUT2D eigenvalue weighted by molar-refractivity contribution is 0.239. The third-order valence-corrected chi connectivity index (χ3v) is 3.93. The van der Waals surface area contributed by atoms with Gasteiger partial charge in [-0.15, -0.1) is 0 Å². The molecule has 0 radical (unpaired) electrons. The van der Waals surface area contributed by atoms with E-state index in [2.05, 4.69) is 38.1 Å². The second-order valence-electron chi connectivity index (χ2n) is 5.73. The lowest BCUT2D eigenvalue weighted by Crippen LogP contribution is -2.40. The van der Waals surface area contributed by atoms with Crippen molar-refractivity contribution in [2.75, 3.05) is 6.61 Å². The van der Waals surface area contributed by atoms with E-state index in [1.165, 1.54) is 18.4 Å². The van der Waals surface area contributed by atoms with Crippen molar-refractivity contribution >= 4 is 0 Å². The van der Waals surface area contributed by atoms with Gasteiger partial charge in [0.05, 0.1) is 6.61 Å². The highest BCUT2D eigenvalue weighted by molar-refractivity contribution is 5.32. The van der Waals surface area contributed by atoms with Gasteiger partial charge < -0.3 is 10.5 Å². The van der Waals surface area contributed by atoms with Gasteiger partial charge in [-0.3, -0.25) is 0 Å². The number of ether oxygens (including phenoxy) is 1. The molecule has 1 saturated carbocycles. The van der Waals surface area contributed by atoms with Crippen LogP contribution in [0.5, 0.6) is 5.75 Å². The predicted molar refractivity (Wildman–Crippen MR) is 75.7 cm³/mol. The first-order valence-corrected chi connectivity index (χ1v) is 7.16. The molecule has 2 atom stereocenters. The molecule has 1 aromatic rings. The maximum Gasteiger partial charge on any atom is 0.119 e. The minimum atomic E-state index is -0.124. The Labute approximate surface area is 111 Å². The van der Waals surface area contributed by atoms with Crippen LogP contribution >= 0.6 is 0 Å². The summed E-state index contributed by atoms with van der Waals surface area (Å²) in [5.74, 6) is 1.69. The lowest BCUT2D eigenvalue weighted by atomic mass is 9.73. The lowest BCUT2D eigenvalue weighted by Gasteiger charge is -2.37. The van der Waals surface area contributed by atoms with E-state index >= 15 is 0 Å². The van der Waals surface area contributed by atoms with Crippen molar-refractivity contribution in [1.82, 2.24) is 0 Å². The normalized spacial score (nSPS) is 28.1. The van der Waals surface area contributed by atoms with E-state index in [0.29, 0.717) is 0 Å². The highest BCUT2D eigenvalue weighted by Gasteiger charge is 2.32. The number of hydrogen-bond acceptors (Lipinski definition) is 2. The maximum absolute atomic E-state index is 6.58. The van der Waals surface area contributed by atoms with Crippen LogP contribution in [0.1, 0.15) is 51.5 Å². The van der Waals surface area contributed by atoms with Gasteiger partial charge in [0.2, 0.25) is 0 Å². The summed E-state index contributed by atoms with van der Waals surface area (Å²) in [5.41, 5.74) is 7.72. The van der Waals surface area contributed by atoms with Gasteiger partial charge in [-0.25, -0.2) is 0 Å². The largest absolute Gasteiger partial charge is 0.494 e. The first kappa shape index (κ1) is 13.4. The predicted octanol–water partition coefficient (Wildman–Crippen LogP) is 3.84. The Morgan fingerprint density at radius 3 is 2.67 bits per heavy atom. The second-order valence-corrected chi connectivity index (χ2v) is 5.73. The van der Waals surface area contributed by atoms with Crippen LogP contribution < -0.4 is 10.5 Å². The maximum atomic E-state index is 6.58. The fourth-order valence-corrected chi connectivity index (χ4v) is 2.96. The minimum absolute atomic E-state index is 0.124. The molecule has 1 fully saturated rings. The SMILES string of the molecule is CCCOc1ccc(C2(N)CCCC(C)C2)cc1. The molecule has 100 valence electrons. The molecule has 2 heteroatoms. The fourth-order valence-electron chi connectivity index (χ4n) is 2.96. The third kappa shape index (κ3) is 3.05. The topological polar surface area (TPSA) is 35.2 Å². The molecule has 2 nitrogen and oxygen atoms in total. The molecular formula is C16H25NO. The monoisotopic (exact) mass is 247 g/mol. The summed E-state index contributed by atoms with van der Waals surface area (Å²) in [5, 5.41) is 0. The van der Waals surface area contributed by atoms with Crippen molar-refractivity contribution < 1.29 is 4.74 Å². The van der Waals surface area contributed by atoms with Gasteiger partial charge in [-0.2, -0.15) is 0 Å². The van der Waals surface area contributed by atoms with E-state index in [0.717, 1.165) is 37.5 Å². The summed E-state index contributed by atoms with van der Waals surface area (Å²) in [4.78, 5) is 0. The molecule has 0 bridgehead atoms. The van der Waals surface area contributed by atoms with Crippen LogP contribution in [0.2, 0.25) is 0 Å². The van der Waals surface area contributed by atoms with E-state index in [1.807, 2.05) is 0 Å². The van der Waals surface area contributed by atoms with E-state index in [1.54, 1.807) is 0 Å². The van der Waals surface area contributed by atoms with Gasteiger partial charge in [-0.05, 0) is 42.9 Å². The van der Waals surface area contributed by atoms with Gasteiger partial charge in [0.25, 0.3) is 0 Å². The standard InChI is InChI=1S/C16H25NO/c1-3-11-18-15-8-6-14(7-9-15)16(17)10-4-5-13(2)12-16/h6-9,13H,3-5,10-12,17H2,1-2H3. The van der Waals surface area contributed by atoms with Crippen LogP contribution in [-0.4, -0.2) is 6.61 Å². The molecule has 18 heavy (non-hydrogen) atoms. The molecule has 2 rings (SSSR count). The van der Waals surface area contributed by atoms with Crippen LogP contribution in [0.4, 0.5) is 0 Å². The Balaban J connectivity index is 2.08. The molecule has 0 saturated heterocycles. The zero-order valence-corrected chi connectivity index (χ0v) is 11.6. The zero-order chi connectivity index (χ0) is 13.0. The highest BCUT2D eigenvalue weighted by atomic mass is 16.5. The molecule has 0 amide bonds. The number of benzene rings is 1. The van der Waals surface area contributed by atoms with Gasteiger partial charge in [-0.1, -0.05) is 38.8 Å². The molecule has 0 spiro atoms. The zero-order valence-electron chi connectivity index (χ0n) is 11.6. The average Bonchev–Trinajstić information content (AvgIpc) is 2.36. The van der Waals surface area contributed by atoms with Crippen LogP contribution in [0.15, 0.2) is 24.3 Å². The molecular weight excluding hydrogens is 222 g/mol. The number of nitrogens with two attached hydrogens (primary N) is 1. The van der Waals surface area contributed by atoms with E-state index in [-0.39, 0.29) is 5.54 Å². The molecule has 0 aromatic heterocycles. The Morgan fingerprint density at radius 2 is 2.06 bits per heavy atom. The molecule has 1 aliphatic rings. The Hall–Kier alpha value is -1.02. The van der Waals surface area contributed by atoms with Crippen molar-refractivity contribution in [3.63, 3.8) is 0 Å². The van der Waals surface area contributed by atoms with Crippen LogP contribution in [0, 0.1) is 5.92 Å². The summed E-state index contributed by atoms with van der Waals surface area (Å²) < 4.78 is 5.61. The molecule has 2 N–H and O–H groups in total. The summed E-state index contributed by atoms with van der Waals surface area (Å²) in [6.45, 7) is 5.20. The fraction of sp³-hybridized carbons (Fsp3) is 0.625. The first-order valence-electron chi connectivity index (χ1n) is 7.16. The van der Waals surface area contributed by atoms with Crippen LogP contribution in [0.3, 0.4) is 0 Å². The molecule has 1 aromatic carbocycles. The van der Waals surface area contributed by atoms with Crippen LogP contribution in [0.25, 0.3) is 0 Å². The third-order valence-electron chi connectivity index (χ3n) is 3.93. The summed E-state index contributed by atoms with van der Waals surface area (Å²) in [7, 11) is 0. The van der Waals surface area contributed by atoms with Crippen LogP contribution in [-0.2, 0) is 5.54 Å². The number of rotatable bonds is 4. The van der Waals surface area contributed by atoms with Gasteiger partial charge in [0.15, 0.2) is 0 Å². The minimum Gasteiger partial charge on any atom is -0.494 e. The van der Waals surface area contributed by atoms with Crippen molar-refractivity contribution in [3.8, 4) is 5.75 Å². The quantitative estimate of drug-likeness (QED) is 0.877. The Kier molecular flexibility index (Phi) is 4.28. The van der Waals surface area contributed by atoms with Crippen molar-refractivity contribution in [2.24, 2.45) is 11.7 Å². The Morgan fingerprint density at radius 1 is 1.33 bits per heavy atom. The van der Waals surface area contributed by atoms with Crippen molar-refractivity contribution in [3.05, 3.63) is 29.8 Å². The van der Waals surface area contributed by atoms with E-state index in [9.17, 15) is 0 Å². The number of hydrogen-bond donors (Lipinski definition) is 1. The smallest absolute Gasteiger partial charge is 0.119 e. The highest BCUT2D eigenvalue weighted by Crippen LogP contribution is 2.38. The molecule has 2 unspecified atom stereocenters. The molecule has 0 heterocycles. The second kappa shape index (κ2) is 5.75. The van der Waals surface area contributed by atoms with Gasteiger partial charge in [0.1, 0.15) is 5.75 Å². The van der Waals surface area contributed by atoms with Gasteiger partial charge >= 0.3 is 0 Å². The average molecular weight is 247 g/mol. The molecule has 0 aliphatic heterocycles. The van der Waals surface area contributed by atoms with Gasteiger partial charge in [0, 0.05) is 5.54 Å². The Bertz CT molecular complexity index is 373.